The van der Waals surface area contributed by atoms with Gasteiger partial charge in [-0.2, -0.15) is 0 Å². The van der Waals surface area contributed by atoms with E-state index in [2.05, 4.69) is 26.6 Å². The number of nitrogens with zero attached hydrogens (tertiary/aromatic N) is 1. The molecule has 1 rings (SSSR count). The average Bonchev–Trinajstić information content (AvgIpc) is 2.37. The van der Waals surface area contributed by atoms with Crippen molar-refractivity contribution in [3.63, 3.8) is 0 Å². The highest BCUT2D eigenvalue weighted by Gasteiger charge is 2.13. The number of carbonyl (C=O) groups is 1. The molecule has 0 heterocycles. The molecule has 1 aromatic rings. The second kappa shape index (κ2) is 7.96. The van der Waals surface area contributed by atoms with E-state index in [4.69, 9.17) is 0 Å². The Labute approximate surface area is 126 Å². The molecule has 6 nitrogen and oxygen atoms in total. The van der Waals surface area contributed by atoms with E-state index in [1.54, 1.807) is 12.1 Å². The summed E-state index contributed by atoms with van der Waals surface area (Å²) in [5.41, 5.74) is 0.587. The third-order valence-electron chi connectivity index (χ3n) is 2.55. The van der Waals surface area contributed by atoms with E-state index in [1.165, 1.54) is 6.07 Å². The minimum Gasteiger partial charge on any atom is -0.355 e. The molecule has 0 saturated carbocycles. The first kappa shape index (κ1) is 16.6. The number of nitro benzene ring substituents is 1. The summed E-state index contributed by atoms with van der Waals surface area (Å²) < 4.78 is 0.655. The van der Waals surface area contributed by atoms with Crippen molar-refractivity contribution in [1.29, 1.82) is 0 Å². The molecule has 1 amide bonds. The molecule has 110 valence electrons. The number of benzene rings is 1. The molecule has 0 saturated heterocycles. The Morgan fingerprint density at radius 1 is 1.45 bits per heavy atom. The molecule has 0 aliphatic heterocycles. The van der Waals surface area contributed by atoms with Crippen LogP contribution >= 0.6 is 15.9 Å². The predicted octanol–water partition coefficient (Wildman–Crippen LogP) is 2.22. The molecule has 0 spiro atoms. The van der Waals surface area contributed by atoms with Gasteiger partial charge in [0.2, 0.25) is 5.91 Å². The maximum Gasteiger partial charge on any atom is 0.275 e. The summed E-state index contributed by atoms with van der Waals surface area (Å²) in [5, 5.41) is 16.6. The molecule has 0 aliphatic carbocycles. The van der Waals surface area contributed by atoms with Crippen LogP contribution in [-0.2, 0) is 11.3 Å². The van der Waals surface area contributed by atoms with Crippen molar-refractivity contribution in [2.24, 2.45) is 5.92 Å². The summed E-state index contributed by atoms with van der Waals surface area (Å²) in [4.78, 5) is 22.0. The van der Waals surface area contributed by atoms with Crippen molar-refractivity contribution >= 4 is 27.5 Å². The average molecular weight is 344 g/mol. The maximum absolute atomic E-state index is 11.5. The molecule has 2 N–H and O–H groups in total. The number of carbonyl (C=O) groups excluding carboxylic acids is 1. The van der Waals surface area contributed by atoms with E-state index in [0.29, 0.717) is 22.5 Å². The number of halogens is 1. The van der Waals surface area contributed by atoms with Crippen LogP contribution in [-0.4, -0.2) is 23.9 Å². The van der Waals surface area contributed by atoms with Crippen LogP contribution in [0.15, 0.2) is 22.7 Å². The lowest BCUT2D eigenvalue weighted by Gasteiger charge is -2.09. The van der Waals surface area contributed by atoms with E-state index in [-0.39, 0.29) is 24.7 Å². The molecule has 0 aliphatic rings. The Morgan fingerprint density at radius 3 is 2.75 bits per heavy atom. The summed E-state index contributed by atoms with van der Waals surface area (Å²) >= 11 is 3.20. The van der Waals surface area contributed by atoms with Gasteiger partial charge in [0.15, 0.2) is 0 Å². The van der Waals surface area contributed by atoms with Gasteiger partial charge in [0.25, 0.3) is 5.69 Å². The van der Waals surface area contributed by atoms with Crippen molar-refractivity contribution in [2.75, 3.05) is 13.1 Å². The molecule has 20 heavy (non-hydrogen) atoms. The van der Waals surface area contributed by atoms with Gasteiger partial charge in [0.05, 0.1) is 11.5 Å². The maximum atomic E-state index is 11.5. The van der Waals surface area contributed by atoms with E-state index in [0.717, 1.165) is 0 Å². The van der Waals surface area contributed by atoms with E-state index >= 15 is 0 Å². The molecule has 1 aromatic carbocycles. The summed E-state index contributed by atoms with van der Waals surface area (Å²) in [6.45, 7) is 5.06. The van der Waals surface area contributed by atoms with Crippen molar-refractivity contribution in [2.45, 2.75) is 20.4 Å². The fourth-order valence-corrected chi connectivity index (χ4v) is 1.90. The minimum atomic E-state index is -0.430. The second-order valence-electron chi connectivity index (χ2n) is 4.83. The van der Waals surface area contributed by atoms with E-state index in [1.807, 2.05) is 13.8 Å². The topological polar surface area (TPSA) is 84.3 Å². The molecule has 0 aromatic heterocycles. The number of hydrogen-bond acceptors (Lipinski definition) is 4. The minimum absolute atomic E-state index is 0.0365. The summed E-state index contributed by atoms with van der Waals surface area (Å²) in [5.74, 6) is 0.282. The normalized spacial score (nSPS) is 10.6. The molecule has 0 bridgehead atoms. The summed E-state index contributed by atoms with van der Waals surface area (Å²) in [6.07, 6.45) is 0. The number of rotatable bonds is 7. The fraction of sp³-hybridized carbons (Fsp3) is 0.462. The van der Waals surface area contributed by atoms with Crippen molar-refractivity contribution in [3.05, 3.63) is 38.3 Å². The Hall–Kier alpha value is -1.47. The Bertz CT molecular complexity index is 492. The van der Waals surface area contributed by atoms with Crippen molar-refractivity contribution < 1.29 is 9.72 Å². The number of nitrogens with one attached hydrogen (secondary N) is 2. The molecule has 0 fully saturated rings. The molecule has 7 heteroatoms. The number of hydrogen-bond donors (Lipinski definition) is 2. The first-order valence-corrected chi connectivity index (χ1v) is 7.09. The van der Waals surface area contributed by atoms with Crippen molar-refractivity contribution in [1.82, 2.24) is 10.6 Å². The Morgan fingerprint density at radius 2 is 2.15 bits per heavy atom. The molecule has 0 radical (unpaired) electrons. The van der Waals surface area contributed by atoms with Crippen LogP contribution in [0.3, 0.4) is 0 Å². The van der Waals surface area contributed by atoms with Gasteiger partial charge < -0.3 is 10.6 Å². The van der Waals surface area contributed by atoms with Crippen LogP contribution in [0.2, 0.25) is 0 Å². The lowest BCUT2D eigenvalue weighted by molar-refractivity contribution is -0.385. The van der Waals surface area contributed by atoms with Gasteiger partial charge >= 0.3 is 0 Å². The van der Waals surface area contributed by atoms with E-state index in [9.17, 15) is 14.9 Å². The van der Waals surface area contributed by atoms with Gasteiger partial charge in [-0.3, -0.25) is 14.9 Å². The third kappa shape index (κ3) is 5.66. The zero-order chi connectivity index (χ0) is 15.1. The van der Waals surface area contributed by atoms with Gasteiger partial charge in [-0.15, -0.1) is 0 Å². The Kier molecular flexibility index (Phi) is 6.60. The van der Waals surface area contributed by atoms with E-state index < -0.39 is 4.92 Å². The monoisotopic (exact) mass is 343 g/mol. The van der Waals surface area contributed by atoms with Gasteiger partial charge in [0, 0.05) is 29.2 Å². The van der Waals surface area contributed by atoms with Crippen LogP contribution in [0, 0.1) is 16.0 Å². The van der Waals surface area contributed by atoms with Crippen LogP contribution in [0.1, 0.15) is 19.4 Å². The molecule has 0 atom stereocenters. The number of amides is 1. The fourth-order valence-electron chi connectivity index (χ4n) is 1.55. The SMILES string of the molecule is CC(C)CNC(=O)CNCc1ccc(Br)cc1[N+](=O)[O-]. The largest absolute Gasteiger partial charge is 0.355 e. The van der Waals surface area contributed by atoms with Crippen LogP contribution in [0.5, 0.6) is 0 Å². The highest BCUT2D eigenvalue weighted by molar-refractivity contribution is 9.10. The lowest BCUT2D eigenvalue weighted by Crippen LogP contribution is -2.35. The molecular formula is C13H18BrN3O3. The third-order valence-corrected chi connectivity index (χ3v) is 3.05. The van der Waals surface area contributed by atoms with Crippen LogP contribution in [0.4, 0.5) is 5.69 Å². The molecular weight excluding hydrogens is 326 g/mol. The highest BCUT2D eigenvalue weighted by atomic mass is 79.9. The predicted molar refractivity (Wildman–Crippen MR) is 80.4 cm³/mol. The molecule has 0 unspecified atom stereocenters. The van der Waals surface area contributed by atoms with Crippen molar-refractivity contribution in [3.8, 4) is 0 Å². The quantitative estimate of drug-likeness (QED) is 0.587. The Balaban J connectivity index is 2.50. The second-order valence-corrected chi connectivity index (χ2v) is 5.75. The van der Waals surface area contributed by atoms with Gasteiger partial charge in [0.1, 0.15) is 0 Å². The van der Waals surface area contributed by atoms with Gasteiger partial charge in [-0.1, -0.05) is 29.8 Å². The smallest absolute Gasteiger partial charge is 0.275 e. The van der Waals surface area contributed by atoms with Gasteiger partial charge in [-0.25, -0.2) is 0 Å². The zero-order valence-corrected chi connectivity index (χ0v) is 13.1. The first-order chi connectivity index (χ1) is 9.40. The van der Waals surface area contributed by atoms with Gasteiger partial charge in [-0.05, 0) is 18.1 Å². The summed E-state index contributed by atoms with van der Waals surface area (Å²) in [6, 6.07) is 4.86. The standard InChI is InChI=1S/C13H18BrN3O3/c1-9(2)6-16-13(18)8-15-7-10-3-4-11(14)5-12(10)17(19)20/h3-5,9,15H,6-8H2,1-2H3,(H,16,18). The summed E-state index contributed by atoms with van der Waals surface area (Å²) in [7, 11) is 0. The zero-order valence-electron chi connectivity index (χ0n) is 11.5. The number of nitro groups is 1. The first-order valence-electron chi connectivity index (χ1n) is 6.30. The highest BCUT2D eigenvalue weighted by Crippen LogP contribution is 2.23. The van der Waals surface area contributed by atoms with Crippen LogP contribution < -0.4 is 10.6 Å². The van der Waals surface area contributed by atoms with Crippen LogP contribution in [0.25, 0.3) is 0 Å². The lowest BCUT2D eigenvalue weighted by atomic mass is 10.2.